The van der Waals surface area contributed by atoms with Gasteiger partial charge < -0.3 is 10.2 Å². The number of hydrogen-bond donors (Lipinski definition) is 2. The Labute approximate surface area is 106 Å². The normalized spacial score (nSPS) is 13.2. The fraction of sp³-hybridized carbons (Fsp3) is 0.429. The minimum absolute atomic E-state index is 0.126. The molecule has 0 bridgehead atoms. The summed E-state index contributed by atoms with van der Waals surface area (Å²) in [6.45, 7) is 4.01. The van der Waals surface area contributed by atoms with E-state index in [0.29, 0.717) is 11.1 Å². The van der Waals surface area contributed by atoms with E-state index < -0.39 is 11.5 Å². The third-order valence-corrected chi connectivity index (χ3v) is 2.80. The molecular formula is C14H18O4. The molecule has 0 heterocycles. The lowest BCUT2D eigenvalue weighted by Gasteiger charge is -2.16. The van der Waals surface area contributed by atoms with Gasteiger partial charge in [0, 0.05) is 5.56 Å². The Bertz CT molecular complexity index is 440. The largest absolute Gasteiger partial charge is 0.395 e. The van der Waals surface area contributed by atoms with Gasteiger partial charge in [-0.05, 0) is 26.3 Å². The third kappa shape index (κ3) is 3.24. The van der Waals surface area contributed by atoms with Crippen molar-refractivity contribution < 1.29 is 19.8 Å². The van der Waals surface area contributed by atoms with E-state index in [0.717, 1.165) is 0 Å². The number of carbonyl (C=O) groups excluding carboxylic acids is 2. The van der Waals surface area contributed by atoms with Crippen LogP contribution in [0.25, 0.3) is 0 Å². The molecule has 0 aromatic heterocycles. The quantitative estimate of drug-likeness (QED) is 0.772. The monoisotopic (exact) mass is 250 g/mol. The maximum absolute atomic E-state index is 11.8. The van der Waals surface area contributed by atoms with Crippen molar-refractivity contribution in [2.45, 2.75) is 32.3 Å². The van der Waals surface area contributed by atoms with Crippen LogP contribution >= 0.6 is 0 Å². The van der Waals surface area contributed by atoms with Gasteiger partial charge in [0.1, 0.15) is 11.4 Å². The molecule has 0 fully saturated rings. The van der Waals surface area contributed by atoms with Gasteiger partial charge in [-0.2, -0.15) is 0 Å². The summed E-state index contributed by atoms with van der Waals surface area (Å²) in [4.78, 5) is 23.1. The molecule has 0 aliphatic rings. The maximum atomic E-state index is 11.8. The predicted molar refractivity (Wildman–Crippen MR) is 67.6 cm³/mol. The van der Waals surface area contributed by atoms with Crippen molar-refractivity contribution in [3.63, 3.8) is 0 Å². The standard InChI is InChI=1S/C14H18O4/c1-9(16)12(8-15)10-4-6-11(7-5-10)13(17)14(2,3)18/h4-7,12,15,18H,8H2,1-3H3. The zero-order chi connectivity index (χ0) is 13.9. The van der Waals surface area contributed by atoms with Gasteiger partial charge in [0.15, 0.2) is 5.78 Å². The van der Waals surface area contributed by atoms with E-state index in [4.69, 9.17) is 5.11 Å². The van der Waals surface area contributed by atoms with Crippen LogP contribution in [0.5, 0.6) is 0 Å². The molecule has 0 saturated heterocycles. The van der Waals surface area contributed by atoms with E-state index in [1.807, 2.05) is 0 Å². The van der Waals surface area contributed by atoms with E-state index in [2.05, 4.69) is 0 Å². The number of ketones is 2. The highest BCUT2D eigenvalue weighted by atomic mass is 16.3. The van der Waals surface area contributed by atoms with Crippen molar-refractivity contribution >= 4 is 11.6 Å². The van der Waals surface area contributed by atoms with E-state index in [-0.39, 0.29) is 18.2 Å². The van der Waals surface area contributed by atoms with Crippen LogP contribution in [0.15, 0.2) is 24.3 Å². The van der Waals surface area contributed by atoms with Crippen molar-refractivity contribution in [2.75, 3.05) is 6.61 Å². The molecule has 2 N–H and O–H groups in total. The van der Waals surface area contributed by atoms with Crippen molar-refractivity contribution in [2.24, 2.45) is 0 Å². The Kier molecular flexibility index (Phi) is 4.38. The average molecular weight is 250 g/mol. The summed E-state index contributed by atoms with van der Waals surface area (Å²) in [7, 11) is 0. The molecule has 98 valence electrons. The first-order valence-electron chi connectivity index (χ1n) is 5.76. The Morgan fingerprint density at radius 2 is 1.72 bits per heavy atom. The van der Waals surface area contributed by atoms with Gasteiger partial charge in [-0.3, -0.25) is 9.59 Å². The molecule has 1 atom stereocenters. The average Bonchev–Trinajstić information content (AvgIpc) is 2.28. The molecule has 1 aromatic rings. The molecule has 1 unspecified atom stereocenters. The number of carbonyl (C=O) groups is 2. The van der Waals surface area contributed by atoms with Gasteiger partial charge in [0.2, 0.25) is 0 Å². The summed E-state index contributed by atoms with van der Waals surface area (Å²) in [6, 6.07) is 6.37. The molecule has 0 aliphatic heterocycles. The highest BCUT2D eigenvalue weighted by Gasteiger charge is 2.25. The molecule has 18 heavy (non-hydrogen) atoms. The van der Waals surface area contributed by atoms with Gasteiger partial charge in [0.05, 0.1) is 12.5 Å². The van der Waals surface area contributed by atoms with Crippen molar-refractivity contribution in [1.29, 1.82) is 0 Å². The molecule has 0 radical (unpaired) electrons. The summed E-state index contributed by atoms with van der Waals surface area (Å²) in [5.41, 5.74) is -0.373. The van der Waals surface area contributed by atoms with Crippen LogP contribution in [-0.2, 0) is 4.79 Å². The second-order valence-electron chi connectivity index (χ2n) is 4.86. The summed E-state index contributed by atoms with van der Waals surface area (Å²) in [5.74, 6) is -1.06. The molecule has 1 rings (SSSR count). The van der Waals surface area contributed by atoms with Crippen LogP contribution in [0.3, 0.4) is 0 Å². The fourth-order valence-electron chi connectivity index (χ4n) is 1.69. The molecule has 1 aromatic carbocycles. The molecular weight excluding hydrogens is 232 g/mol. The van der Waals surface area contributed by atoms with Crippen molar-refractivity contribution in [1.82, 2.24) is 0 Å². The van der Waals surface area contributed by atoms with E-state index >= 15 is 0 Å². The Hall–Kier alpha value is -1.52. The lowest BCUT2D eigenvalue weighted by molar-refractivity contribution is -0.119. The topological polar surface area (TPSA) is 74.6 Å². The Morgan fingerprint density at radius 1 is 1.22 bits per heavy atom. The number of benzene rings is 1. The van der Waals surface area contributed by atoms with Crippen LogP contribution in [0.2, 0.25) is 0 Å². The maximum Gasteiger partial charge on any atom is 0.193 e. The first-order chi connectivity index (χ1) is 8.27. The first-order valence-corrected chi connectivity index (χ1v) is 5.76. The summed E-state index contributed by atoms with van der Waals surface area (Å²) in [6.07, 6.45) is 0. The number of aliphatic hydroxyl groups excluding tert-OH is 1. The molecule has 0 amide bonds. The molecule has 0 spiro atoms. The predicted octanol–water partition coefficient (Wildman–Crippen LogP) is 1.31. The smallest absolute Gasteiger partial charge is 0.193 e. The van der Waals surface area contributed by atoms with Gasteiger partial charge in [0.25, 0.3) is 0 Å². The zero-order valence-electron chi connectivity index (χ0n) is 10.8. The van der Waals surface area contributed by atoms with Crippen LogP contribution in [0.4, 0.5) is 0 Å². The lowest BCUT2D eigenvalue weighted by atomic mass is 9.92. The van der Waals surface area contributed by atoms with E-state index in [1.165, 1.54) is 20.8 Å². The van der Waals surface area contributed by atoms with Crippen LogP contribution in [-0.4, -0.2) is 34.0 Å². The number of aliphatic hydroxyl groups is 2. The van der Waals surface area contributed by atoms with Gasteiger partial charge in [-0.25, -0.2) is 0 Å². The number of hydrogen-bond acceptors (Lipinski definition) is 4. The minimum atomic E-state index is -1.42. The molecule has 0 saturated carbocycles. The van der Waals surface area contributed by atoms with Gasteiger partial charge in [-0.15, -0.1) is 0 Å². The van der Waals surface area contributed by atoms with E-state index in [1.54, 1.807) is 24.3 Å². The second kappa shape index (κ2) is 5.42. The number of rotatable bonds is 5. The third-order valence-electron chi connectivity index (χ3n) is 2.80. The highest BCUT2D eigenvalue weighted by Crippen LogP contribution is 2.19. The minimum Gasteiger partial charge on any atom is -0.395 e. The fourth-order valence-corrected chi connectivity index (χ4v) is 1.69. The summed E-state index contributed by atoms with van der Waals surface area (Å²) in [5, 5.41) is 18.7. The highest BCUT2D eigenvalue weighted by molar-refractivity contribution is 6.01. The van der Waals surface area contributed by atoms with Crippen LogP contribution < -0.4 is 0 Å². The van der Waals surface area contributed by atoms with Crippen LogP contribution in [0, 0.1) is 0 Å². The molecule has 4 heteroatoms. The zero-order valence-corrected chi connectivity index (χ0v) is 10.8. The van der Waals surface area contributed by atoms with Crippen LogP contribution in [0.1, 0.15) is 42.6 Å². The van der Waals surface area contributed by atoms with Crippen molar-refractivity contribution in [3.8, 4) is 0 Å². The van der Waals surface area contributed by atoms with E-state index in [9.17, 15) is 14.7 Å². The molecule has 4 nitrogen and oxygen atoms in total. The van der Waals surface area contributed by atoms with Gasteiger partial charge >= 0.3 is 0 Å². The second-order valence-corrected chi connectivity index (χ2v) is 4.86. The number of Topliss-reactive ketones (excluding diaryl/α,β-unsaturated/α-hetero) is 2. The lowest BCUT2D eigenvalue weighted by Crippen LogP contribution is -2.31. The van der Waals surface area contributed by atoms with Crippen molar-refractivity contribution in [3.05, 3.63) is 35.4 Å². The molecule has 0 aliphatic carbocycles. The Balaban J connectivity index is 3.00. The summed E-state index contributed by atoms with van der Waals surface area (Å²) >= 11 is 0. The SMILES string of the molecule is CC(=O)C(CO)c1ccc(C(=O)C(C)(C)O)cc1. The first kappa shape index (κ1) is 14.5. The van der Waals surface area contributed by atoms with Gasteiger partial charge in [-0.1, -0.05) is 24.3 Å². The Morgan fingerprint density at radius 3 is 2.06 bits per heavy atom. The summed E-state index contributed by atoms with van der Waals surface area (Å²) < 4.78 is 0.